The van der Waals surface area contributed by atoms with Crippen LogP contribution < -0.4 is 15.2 Å². The van der Waals surface area contributed by atoms with Gasteiger partial charge < -0.3 is 20.0 Å². The number of carboxylic acids is 1. The second-order valence-corrected chi connectivity index (χ2v) is 5.83. The van der Waals surface area contributed by atoms with Gasteiger partial charge in [0.25, 0.3) is 0 Å². The lowest BCUT2D eigenvalue weighted by Gasteiger charge is -2.24. The quantitative estimate of drug-likeness (QED) is 0.801. The van der Waals surface area contributed by atoms with Gasteiger partial charge in [0.2, 0.25) is 5.91 Å². The molecule has 0 aliphatic carbocycles. The highest BCUT2D eigenvalue weighted by Gasteiger charge is 2.26. The number of hydrogen-bond donors (Lipinski definition) is 1. The van der Waals surface area contributed by atoms with Crippen molar-refractivity contribution in [3.8, 4) is 5.75 Å². The van der Waals surface area contributed by atoms with Crippen molar-refractivity contribution in [2.45, 2.75) is 26.2 Å². The summed E-state index contributed by atoms with van der Waals surface area (Å²) in [5, 5.41) is 13.9. The SMILES string of the molecule is CCOc1ccc(NC(=O)C(CC(=O)[O-])C(C)c2ccccc2)cc1. The Morgan fingerprint density at radius 1 is 1.08 bits per heavy atom. The lowest BCUT2D eigenvalue weighted by Crippen LogP contribution is -2.34. The summed E-state index contributed by atoms with van der Waals surface area (Å²) in [4.78, 5) is 23.8. The maximum Gasteiger partial charge on any atom is 0.228 e. The van der Waals surface area contributed by atoms with Crippen LogP contribution in [0.1, 0.15) is 31.7 Å². The molecule has 0 aliphatic heterocycles. The molecule has 0 spiro atoms. The monoisotopic (exact) mass is 340 g/mol. The Kier molecular flexibility index (Phi) is 6.57. The third-order valence-corrected chi connectivity index (χ3v) is 4.09. The van der Waals surface area contributed by atoms with E-state index in [-0.39, 0.29) is 18.2 Å². The van der Waals surface area contributed by atoms with Crippen LogP contribution in [0.3, 0.4) is 0 Å². The van der Waals surface area contributed by atoms with E-state index in [1.807, 2.05) is 44.2 Å². The molecule has 0 aliphatic rings. The molecule has 0 fully saturated rings. The van der Waals surface area contributed by atoms with Crippen molar-refractivity contribution in [2.75, 3.05) is 11.9 Å². The lowest BCUT2D eigenvalue weighted by molar-refractivity contribution is -0.306. The van der Waals surface area contributed by atoms with Gasteiger partial charge in [-0.05, 0) is 49.1 Å². The van der Waals surface area contributed by atoms with Crippen LogP contribution in [0.25, 0.3) is 0 Å². The fourth-order valence-electron chi connectivity index (χ4n) is 2.70. The number of rotatable bonds is 8. The molecule has 1 amide bonds. The molecule has 0 aromatic heterocycles. The van der Waals surface area contributed by atoms with E-state index in [1.165, 1.54) is 0 Å². The van der Waals surface area contributed by atoms with Gasteiger partial charge in [0, 0.05) is 11.7 Å². The summed E-state index contributed by atoms with van der Waals surface area (Å²) in [5.74, 6) is -1.84. The van der Waals surface area contributed by atoms with Crippen molar-refractivity contribution in [3.05, 3.63) is 60.2 Å². The van der Waals surface area contributed by atoms with E-state index in [2.05, 4.69) is 5.32 Å². The van der Waals surface area contributed by atoms with E-state index in [0.717, 1.165) is 5.56 Å². The minimum Gasteiger partial charge on any atom is -0.550 e. The molecule has 2 aromatic carbocycles. The third kappa shape index (κ3) is 5.35. The Morgan fingerprint density at radius 3 is 2.28 bits per heavy atom. The Bertz CT molecular complexity index is 697. The molecule has 2 aromatic rings. The molecular weight excluding hydrogens is 318 g/mol. The topological polar surface area (TPSA) is 78.5 Å². The second-order valence-electron chi connectivity index (χ2n) is 5.83. The van der Waals surface area contributed by atoms with Crippen LogP contribution in [-0.2, 0) is 9.59 Å². The molecule has 0 saturated heterocycles. The van der Waals surface area contributed by atoms with Crippen LogP contribution in [0.4, 0.5) is 5.69 Å². The first-order valence-electron chi connectivity index (χ1n) is 8.29. The number of hydrogen-bond acceptors (Lipinski definition) is 4. The molecule has 5 nitrogen and oxygen atoms in total. The Labute approximate surface area is 147 Å². The number of amides is 1. The minimum atomic E-state index is -1.24. The van der Waals surface area contributed by atoms with Gasteiger partial charge in [0.15, 0.2) is 0 Å². The normalized spacial score (nSPS) is 12.9. The Balaban J connectivity index is 2.13. The van der Waals surface area contributed by atoms with E-state index < -0.39 is 11.9 Å². The van der Waals surface area contributed by atoms with Gasteiger partial charge in [-0.25, -0.2) is 0 Å². The van der Waals surface area contributed by atoms with Crippen molar-refractivity contribution in [1.82, 2.24) is 0 Å². The van der Waals surface area contributed by atoms with Crippen molar-refractivity contribution in [2.24, 2.45) is 5.92 Å². The number of carboxylic acid groups (broad SMARTS) is 1. The van der Waals surface area contributed by atoms with Crippen LogP contribution in [0.2, 0.25) is 0 Å². The molecule has 0 heterocycles. The fraction of sp³-hybridized carbons (Fsp3) is 0.300. The zero-order valence-electron chi connectivity index (χ0n) is 14.4. The largest absolute Gasteiger partial charge is 0.550 e. The first-order chi connectivity index (χ1) is 12.0. The van der Waals surface area contributed by atoms with Crippen molar-refractivity contribution in [1.29, 1.82) is 0 Å². The van der Waals surface area contributed by atoms with Crippen molar-refractivity contribution < 1.29 is 19.4 Å². The number of benzene rings is 2. The summed E-state index contributed by atoms with van der Waals surface area (Å²) in [5.41, 5.74) is 1.51. The highest BCUT2D eigenvalue weighted by Crippen LogP contribution is 2.28. The second kappa shape index (κ2) is 8.87. The van der Waals surface area contributed by atoms with Gasteiger partial charge in [0.05, 0.1) is 12.5 Å². The van der Waals surface area contributed by atoms with Crippen molar-refractivity contribution in [3.63, 3.8) is 0 Å². The predicted octanol–water partition coefficient (Wildman–Crippen LogP) is 2.58. The highest BCUT2D eigenvalue weighted by atomic mass is 16.5. The lowest BCUT2D eigenvalue weighted by atomic mass is 9.84. The molecule has 0 bridgehead atoms. The summed E-state index contributed by atoms with van der Waals surface area (Å²) in [7, 11) is 0. The predicted molar refractivity (Wildman–Crippen MR) is 94.2 cm³/mol. The summed E-state index contributed by atoms with van der Waals surface area (Å²) in [6.45, 7) is 4.31. The molecule has 132 valence electrons. The molecule has 1 N–H and O–H groups in total. The van der Waals surface area contributed by atoms with Gasteiger partial charge in [-0.1, -0.05) is 37.3 Å². The first-order valence-corrected chi connectivity index (χ1v) is 8.29. The van der Waals surface area contributed by atoms with Gasteiger partial charge in [-0.3, -0.25) is 4.79 Å². The van der Waals surface area contributed by atoms with Gasteiger partial charge in [-0.15, -0.1) is 0 Å². The molecule has 2 atom stereocenters. The van der Waals surface area contributed by atoms with E-state index in [9.17, 15) is 14.7 Å². The molecule has 5 heteroatoms. The van der Waals surface area contributed by atoms with E-state index >= 15 is 0 Å². The zero-order chi connectivity index (χ0) is 18.2. The maximum absolute atomic E-state index is 12.6. The summed E-state index contributed by atoms with van der Waals surface area (Å²) < 4.78 is 5.36. The van der Waals surface area contributed by atoms with Crippen LogP contribution in [0.15, 0.2) is 54.6 Å². The summed E-state index contributed by atoms with van der Waals surface area (Å²) in [6.07, 6.45) is -0.334. The number of nitrogens with one attached hydrogen (secondary N) is 1. The van der Waals surface area contributed by atoms with Crippen LogP contribution in [0, 0.1) is 5.92 Å². The van der Waals surface area contributed by atoms with Crippen molar-refractivity contribution >= 4 is 17.6 Å². The average molecular weight is 340 g/mol. The number of anilines is 1. The highest BCUT2D eigenvalue weighted by molar-refractivity contribution is 5.94. The molecule has 0 radical (unpaired) electrons. The Hall–Kier alpha value is -2.82. The van der Waals surface area contributed by atoms with E-state index in [4.69, 9.17) is 4.74 Å². The van der Waals surface area contributed by atoms with Gasteiger partial charge >= 0.3 is 0 Å². The number of ether oxygens (including phenoxy) is 1. The summed E-state index contributed by atoms with van der Waals surface area (Å²) >= 11 is 0. The van der Waals surface area contributed by atoms with Gasteiger partial charge in [0.1, 0.15) is 5.75 Å². The smallest absolute Gasteiger partial charge is 0.228 e. The van der Waals surface area contributed by atoms with Gasteiger partial charge in [-0.2, -0.15) is 0 Å². The van der Waals surface area contributed by atoms with E-state index in [1.54, 1.807) is 24.3 Å². The summed E-state index contributed by atoms with van der Waals surface area (Å²) in [6, 6.07) is 16.4. The number of aliphatic carboxylic acids is 1. The van der Waals surface area contributed by atoms with Crippen LogP contribution in [-0.4, -0.2) is 18.5 Å². The van der Waals surface area contributed by atoms with Crippen LogP contribution in [0.5, 0.6) is 5.75 Å². The standard InChI is InChI=1S/C20H23NO4/c1-3-25-17-11-9-16(10-12-17)21-20(24)18(13-19(22)23)14(2)15-7-5-4-6-8-15/h4-12,14,18H,3,13H2,1-2H3,(H,21,24)(H,22,23)/p-1. The fourth-order valence-corrected chi connectivity index (χ4v) is 2.70. The molecule has 0 saturated carbocycles. The zero-order valence-corrected chi connectivity index (χ0v) is 14.4. The van der Waals surface area contributed by atoms with E-state index in [0.29, 0.717) is 18.0 Å². The first kappa shape index (κ1) is 18.5. The van der Waals surface area contributed by atoms with Crippen LogP contribution >= 0.6 is 0 Å². The molecule has 2 unspecified atom stereocenters. The molecule has 25 heavy (non-hydrogen) atoms. The average Bonchev–Trinajstić information content (AvgIpc) is 2.61. The third-order valence-electron chi connectivity index (χ3n) is 4.09. The molecule has 2 rings (SSSR count). The minimum absolute atomic E-state index is 0.248. The number of carbonyl (C=O) groups is 2. The Morgan fingerprint density at radius 2 is 1.72 bits per heavy atom. The number of carbonyl (C=O) groups excluding carboxylic acids is 2. The maximum atomic E-state index is 12.6. The molecular formula is C20H22NO4-.